The van der Waals surface area contributed by atoms with Gasteiger partial charge in [-0.05, 0) is 48.9 Å². The van der Waals surface area contributed by atoms with Gasteiger partial charge in [-0.25, -0.2) is 0 Å². The molecule has 2 aromatic rings. The Morgan fingerprint density at radius 3 is 2.48 bits per heavy atom. The maximum atomic E-state index is 11.7. The van der Waals surface area contributed by atoms with Crippen LogP contribution in [0.2, 0.25) is 5.02 Å². The van der Waals surface area contributed by atoms with Gasteiger partial charge in [0.2, 0.25) is 0 Å². The van der Waals surface area contributed by atoms with Crippen LogP contribution in [0.1, 0.15) is 29.3 Å². The van der Waals surface area contributed by atoms with Crippen molar-refractivity contribution in [3.8, 4) is 5.75 Å². The number of carbonyl (C=O) groups is 1. The van der Waals surface area contributed by atoms with Gasteiger partial charge in [0.05, 0.1) is 0 Å². The van der Waals surface area contributed by atoms with E-state index in [4.69, 9.17) is 16.3 Å². The average molecular weight is 417 g/mol. The number of rotatable bonds is 8. The van der Waals surface area contributed by atoms with Crippen molar-refractivity contribution in [2.75, 3.05) is 44.2 Å². The van der Waals surface area contributed by atoms with E-state index in [-0.39, 0.29) is 12.4 Å². The summed E-state index contributed by atoms with van der Waals surface area (Å²) in [6, 6.07) is 13.1. The molecule has 1 saturated heterocycles. The molecule has 1 fully saturated rings. The monoisotopic (exact) mass is 416 g/mol. The number of nitrogens with zero attached hydrogens (tertiary/aromatic N) is 2. The normalized spacial score (nSPS) is 15.9. The lowest BCUT2D eigenvalue weighted by molar-refractivity contribution is 0.0663. The molecule has 2 aromatic carbocycles. The van der Waals surface area contributed by atoms with Gasteiger partial charge in [0.15, 0.2) is 5.78 Å². The number of aliphatic hydroxyl groups is 1. The van der Waals surface area contributed by atoms with Crippen LogP contribution in [0.5, 0.6) is 5.75 Å². The SMILES string of the molecule is CCC(=O)c1ccc(OC[C@H](O)CN2CCN(c3cc(Cl)ccc3C)CC2)cc1. The van der Waals surface area contributed by atoms with E-state index in [1.165, 1.54) is 11.3 Å². The van der Waals surface area contributed by atoms with E-state index in [0.29, 0.717) is 24.3 Å². The minimum atomic E-state index is -0.564. The number of carbonyl (C=O) groups excluding carboxylic acids is 1. The maximum absolute atomic E-state index is 11.7. The second kappa shape index (κ2) is 10.1. The van der Waals surface area contributed by atoms with Crippen LogP contribution < -0.4 is 9.64 Å². The van der Waals surface area contributed by atoms with Crippen molar-refractivity contribution in [3.63, 3.8) is 0 Å². The van der Waals surface area contributed by atoms with Gasteiger partial charge in [-0.2, -0.15) is 0 Å². The Morgan fingerprint density at radius 1 is 1.14 bits per heavy atom. The summed E-state index contributed by atoms with van der Waals surface area (Å²) in [5.74, 6) is 0.779. The molecule has 6 heteroatoms. The summed E-state index contributed by atoms with van der Waals surface area (Å²) in [7, 11) is 0. The zero-order valence-electron chi connectivity index (χ0n) is 17.1. The fourth-order valence-electron chi connectivity index (χ4n) is 3.58. The molecule has 0 spiro atoms. The van der Waals surface area contributed by atoms with Crippen molar-refractivity contribution in [1.82, 2.24) is 4.90 Å². The van der Waals surface area contributed by atoms with Crippen molar-refractivity contribution in [2.24, 2.45) is 0 Å². The number of aliphatic hydroxyl groups excluding tert-OH is 1. The summed E-state index contributed by atoms with van der Waals surface area (Å²) >= 11 is 6.15. The van der Waals surface area contributed by atoms with Gasteiger partial charge in [0, 0.05) is 55.4 Å². The molecular weight excluding hydrogens is 388 g/mol. The number of anilines is 1. The third kappa shape index (κ3) is 5.95. The van der Waals surface area contributed by atoms with Crippen LogP contribution in [0.4, 0.5) is 5.69 Å². The molecule has 0 aromatic heterocycles. The predicted molar refractivity (Wildman–Crippen MR) is 117 cm³/mol. The van der Waals surface area contributed by atoms with Gasteiger partial charge in [0.1, 0.15) is 18.5 Å². The van der Waals surface area contributed by atoms with Crippen LogP contribution in [-0.2, 0) is 0 Å². The first-order valence-electron chi connectivity index (χ1n) is 10.1. The Morgan fingerprint density at radius 2 is 1.83 bits per heavy atom. The number of aryl methyl sites for hydroxylation is 1. The third-order valence-electron chi connectivity index (χ3n) is 5.29. The van der Waals surface area contributed by atoms with Crippen molar-refractivity contribution >= 4 is 23.1 Å². The highest BCUT2D eigenvalue weighted by atomic mass is 35.5. The van der Waals surface area contributed by atoms with Crippen LogP contribution in [0.15, 0.2) is 42.5 Å². The summed E-state index contributed by atoms with van der Waals surface area (Å²) in [6.45, 7) is 8.34. The van der Waals surface area contributed by atoms with Crippen LogP contribution in [-0.4, -0.2) is 61.2 Å². The van der Waals surface area contributed by atoms with E-state index >= 15 is 0 Å². The van der Waals surface area contributed by atoms with Crippen LogP contribution in [0.3, 0.4) is 0 Å². The lowest BCUT2D eigenvalue weighted by atomic mass is 10.1. The maximum Gasteiger partial charge on any atom is 0.162 e. The molecule has 5 nitrogen and oxygen atoms in total. The van der Waals surface area contributed by atoms with Crippen molar-refractivity contribution in [1.29, 1.82) is 0 Å². The quantitative estimate of drug-likeness (QED) is 0.663. The zero-order chi connectivity index (χ0) is 20.8. The molecule has 3 rings (SSSR count). The van der Waals surface area contributed by atoms with Crippen molar-refractivity contribution < 1.29 is 14.6 Å². The van der Waals surface area contributed by atoms with Gasteiger partial charge in [-0.1, -0.05) is 24.6 Å². The Labute approximate surface area is 177 Å². The first-order valence-corrected chi connectivity index (χ1v) is 10.5. The molecule has 0 bridgehead atoms. The molecule has 0 saturated carbocycles. The number of hydrogen-bond acceptors (Lipinski definition) is 5. The molecule has 0 aliphatic carbocycles. The molecule has 0 amide bonds. The van der Waals surface area contributed by atoms with E-state index in [0.717, 1.165) is 31.2 Å². The van der Waals surface area contributed by atoms with E-state index in [2.05, 4.69) is 22.8 Å². The zero-order valence-corrected chi connectivity index (χ0v) is 17.9. The molecule has 1 atom stereocenters. The lowest BCUT2D eigenvalue weighted by Gasteiger charge is -2.37. The van der Waals surface area contributed by atoms with Crippen LogP contribution in [0.25, 0.3) is 0 Å². The summed E-state index contributed by atoms with van der Waals surface area (Å²) < 4.78 is 5.68. The lowest BCUT2D eigenvalue weighted by Crippen LogP contribution is -2.49. The molecular formula is C23H29ClN2O3. The largest absolute Gasteiger partial charge is 0.491 e. The fraction of sp³-hybridized carbons (Fsp3) is 0.435. The molecule has 0 unspecified atom stereocenters. The number of halogens is 1. The van der Waals surface area contributed by atoms with Gasteiger partial charge in [0.25, 0.3) is 0 Å². The average Bonchev–Trinajstić information content (AvgIpc) is 2.74. The van der Waals surface area contributed by atoms with Crippen molar-refractivity contribution in [3.05, 3.63) is 58.6 Å². The highest BCUT2D eigenvalue weighted by molar-refractivity contribution is 6.30. The number of β-amino-alcohol motifs (C(OH)–C–C–N with tert-alkyl or cyclic N) is 1. The standard InChI is InChI=1S/C23H29ClN2O3/c1-3-23(28)18-5-8-21(9-6-18)29-16-20(27)15-25-10-12-26(13-11-25)22-14-19(24)7-4-17(22)2/h4-9,14,20,27H,3,10-13,15-16H2,1-2H3/t20-/m1/s1. The van der Waals surface area contributed by atoms with Crippen LogP contribution in [0, 0.1) is 6.92 Å². The second-order valence-corrected chi connectivity index (χ2v) is 7.92. The topological polar surface area (TPSA) is 53.0 Å². The Kier molecular flexibility index (Phi) is 7.53. The molecule has 156 valence electrons. The summed E-state index contributed by atoms with van der Waals surface area (Å²) in [5, 5.41) is 11.1. The highest BCUT2D eigenvalue weighted by Crippen LogP contribution is 2.25. The molecule has 0 radical (unpaired) electrons. The number of hydrogen-bond donors (Lipinski definition) is 1. The third-order valence-corrected chi connectivity index (χ3v) is 5.53. The van der Waals surface area contributed by atoms with Gasteiger partial charge in [-0.3, -0.25) is 9.69 Å². The van der Waals surface area contributed by atoms with Crippen molar-refractivity contribution in [2.45, 2.75) is 26.4 Å². The highest BCUT2D eigenvalue weighted by Gasteiger charge is 2.21. The Hall–Kier alpha value is -2.08. The molecule has 29 heavy (non-hydrogen) atoms. The second-order valence-electron chi connectivity index (χ2n) is 7.48. The Balaban J connectivity index is 1.43. The number of ether oxygens (including phenoxy) is 1. The molecule has 1 aliphatic heterocycles. The van der Waals surface area contributed by atoms with Crippen LogP contribution >= 0.6 is 11.6 Å². The summed E-state index contributed by atoms with van der Waals surface area (Å²) in [6.07, 6.45) is -0.0744. The summed E-state index contributed by atoms with van der Waals surface area (Å²) in [5.41, 5.74) is 3.10. The minimum absolute atomic E-state index is 0.115. The van der Waals surface area contributed by atoms with E-state index in [1.807, 2.05) is 19.1 Å². The molecule has 1 N–H and O–H groups in total. The first kappa shape index (κ1) is 21.6. The summed E-state index contributed by atoms with van der Waals surface area (Å²) in [4.78, 5) is 16.3. The predicted octanol–water partition coefficient (Wildman–Crippen LogP) is 3.80. The first-order chi connectivity index (χ1) is 14.0. The van der Waals surface area contributed by atoms with Gasteiger partial charge < -0.3 is 14.7 Å². The minimum Gasteiger partial charge on any atom is -0.491 e. The van der Waals surface area contributed by atoms with E-state index in [1.54, 1.807) is 24.3 Å². The number of Topliss-reactive ketones (excluding diaryl/α,β-unsaturated/α-hetero) is 1. The van der Waals surface area contributed by atoms with E-state index < -0.39 is 6.10 Å². The van der Waals surface area contributed by atoms with Gasteiger partial charge in [-0.15, -0.1) is 0 Å². The smallest absolute Gasteiger partial charge is 0.162 e. The number of ketones is 1. The van der Waals surface area contributed by atoms with E-state index in [9.17, 15) is 9.90 Å². The number of benzene rings is 2. The number of piperazine rings is 1. The fourth-order valence-corrected chi connectivity index (χ4v) is 3.75. The Bertz CT molecular complexity index is 817. The molecule has 1 aliphatic rings. The molecule has 1 heterocycles. The van der Waals surface area contributed by atoms with Gasteiger partial charge >= 0.3 is 0 Å².